The molecule has 1 aromatic carbocycles. The third-order valence-electron chi connectivity index (χ3n) is 6.09. The topological polar surface area (TPSA) is 68.8 Å². The van der Waals surface area contributed by atoms with Gasteiger partial charge in [-0.05, 0) is 67.6 Å². The molecular formula is C23H26F3N5O2S. The van der Waals surface area contributed by atoms with E-state index in [0.29, 0.717) is 5.69 Å². The lowest BCUT2D eigenvalue weighted by atomic mass is 9.93. The van der Waals surface area contributed by atoms with Gasteiger partial charge in [0.25, 0.3) is 0 Å². The van der Waals surface area contributed by atoms with Crippen molar-refractivity contribution in [2.75, 3.05) is 42.5 Å². The van der Waals surface area contributed by atoms with Gasteiger partial charge in [-0.15, -0.1) is 0 Å². The van der Waals surface area contributed by atoms with Crippen LogP contribution in [-0.4, -0.2) is 65.5 Å². The molecule has 0 saturated carbocycles. The van der Waals surface area contributed by atoms with E-state index in [9.17, 15) is 22.8 Å². The summed E-state index contributed by atoms with van der Waals surface area (Å²) < 4.78 is 37.9. The van der Waals surface area contributed by atoms with Crippen LogP contribution in [0.4, 0.5) is 29.5 Å². The summed E-state index contributed by atoms with van der Waals surface area (Å²) in [6.45, 7) is 6.89. The molecule has 2 aliphatic rings. The third-order valence-corrected chi connectivity index (χ3v) is 6.83. The molecule has 2 aromatic rings. The Labute approximate surface area is 200 Å². The third kappa shape index (κ3) is 5.30. The number of hydrogen-bond acceptors (Lipinski definition) is 6. The Morgan fingerprint density at radius 3 is 2.41 bits per heavy atom. The fourth-order valence-corrected chi connectivity index (χ4v) is 4.58. The van der Waals surface area contributed by atoms with Gasteiger partial charge in [-0.3, -0.25) is 9.69 Å². The molecule has 3 heterocycles. The number of carbonyl (C=O) groups is 2. The predicted octanol–water partition coefficient (Wildman–Crippen LogP) is 3.89. The van der Waals surface area contributed by atoms with E-state index in [1.807, 2.05) is 12.1 Å². The van der Waals surface area contributed by atoms with Gasteiger partial charge in [-0.2, -0.15) is 13.2 Å². The highest BCUT2D eigenvalue weighted by molar-refractivity contribution is 8.00. The fraction of sp³-hybridized carbons (Fsp3) is 0.435. The van der Waals surface area contributed by atoms with Crippen molar-refractivity contribution in [3.63, 3.8) is 0 Å². The summed E-state index contributed by atoms with van der Waals surface area (Å²) >= 11 is -0.222. The Morgan fingerprint density at radius 2 is 1.76 bits per heavy atom. The first kappa shape index (κ1) is 24.3. The number of aromatic nitrogens is 1. The molecule has 0 unspecified atom stereocenters. The Hall–Kier alpha value is -2.79. The Kier molecular flexibility index (Phi) is 6.77. The van der Waals surface area contributed by atoms with Gasteiger partial charge in [0, 0.05) is 49.5 Å². The van der Waals surface area contributed by atoms with Gasteiger partial charge in [-0.1, -0.05) is 0 Å². The minimum absolute atomic E-state index is 0.0152. The average Bonchev–Trinajstić information content (AvgIpc) is 2.80. The summed E-state index contributed by atoms with van der Waals surface area (Å²) in [4.78, 5) is 35.9. The van der Waals surface area contributed by atoms with Crippen molar-refractivity contribution in [3.8, 4) is 0 Å². The molecular weight excluding hydrogens is 467 g/mol. The number of nitrogens with one attached hydrogen (secondary N) is 1. The molecule has 4 rings (SSSR count). The Bertz CT molecular complexity index is 1060. The average molecular weight is 494 g/mol. The van der Waals surface area contributed by atoms with Crippen molar-refractivity contribution in [3.05, 3.63) is 48.2 Å². The lowest BCUT2D eigenvalue weighted by Gasteiger charge is -2.45. The Balaban J connectivity index is 1.56. The van der Waals surface area contributed by atoms with Crippen LogP contribution >= 0.6 is 11.8 Å². The van der Waals surface area contributed by atoms with Crippen molar-refractivity contribution in [1.82, 2.24) is 15.2 Å². The fourth-order valence-electron chi connectivity index (χ4n) is 4.04. The number of carbonyl (C=O) groups excluding carboxylic acids is 2. The Morgan fingerprint density at radius 1 is 1.09 bits per heavy atom. The lowest BCUT2D eigenvalue weighted by Crippen LogP contribution is -2.64. The van der Waals surface area contributed by atoms with Gasteiger partial charge in [0.2, 0.25) is 0 Å². The van der Waals surface area contributed by atoms with Crippen molar-refractivity contribution in [1.29, 1.82) is 0 Å². The number of amides is 2. The molecule has 2 aliphatic heterocycles. The maximum absolute atomic E-state index is 13.5. The highest BCUT2D eigenvalue weighted by atomic mass is 32.2. The number of rotatable bonds is 5. The quantitative estimate of drug-likeness (QED) is 0.638. The number of alkyl halides is 3. The predicted molar refractivity (Wildman–Crippen MR) is 125 cm³/mol. The van der Waals surface area contributed by atoms with E-state index in [-0.39, 0.29) is 41.6 Å². The lowest BCUT2D eigenvalue weighted by molar-refractivity contribution is -0.128. The molecule has 1 N–H and O–H groups in total. The molecule has 0 atom stereocenters. The highest BCUT2D eigenvalue weighted by Crippen LogP contribution is 2.38. The summed E-state index contributed by atoms with van der Waals surface area (Å²) in [7, 11) is 0. The second kappa shape index (κ2) is 9.46. The first-order valence-corrected chi connectivity index (χ1v) is 11.7. The van der Waals surface area contributed by atoms with Crippen LogP contribution in [0.1, 0.15) is 19.4 Å². The van der Waals surface area contributed by atoms with Crippen molar-refractivity contribution < 1.29 is 22.8 Å². The van der Waals surface area contributed by atoms with Crippen LogP contribution in [0.5, 0.6) is 0 Å². The number of halogens is 3. The minimum Gasteiger partial charge on any atom is -0.354 e. The van der Waals surface area contributed by atoms with Crippen LogP contribution in [0, 0.1) is 0 Å². The van der Waals surface area contributed by atoms with Crippen LogP contribution in [-0.2, 0) is 11.3 Å². The molecule has 7 nitrogen and oxygen atoms in total. The van der Waals surface area contributed by atoms with Gasteiger partial charge < -0.3 is 15.1 Å². The number of benzene rings is 1. The van der Waals surface area contributed by atoms with Gasteiger partial charge in [0.05, 0.1) is 12.1 Å². The van der Waals surface area contributed by atoms with E-state index in [2.05, 4.69) is 15.2 Å². The number of thioether (sulfide) groups is 1. The summed E-state index contributed by atoms with van der Waals surface area (Å²) in [5.74, 6) is 0.666. The molecule has 1 aromatic heterocycles. The summed E-state index contributed by atoms with van der Waals surface area (Å²) in [6.07, 6.45) is 1.70. The zero-order chi connectivity index (χ0) is 24.5. The largest absolute Gasteiger partial charge is 0.446 e. The standard InChI is InChI=1S/C23H26F3N5O2S/c1-22(2)19(32)15-30(17-3-5-18(6-4-17)34-23(24,25)26)21(33)31(22)14-16-7-8-28-20(13-16)29-11-9-27-10-12-29/h3-8,13,27H,9-12,14-15H2,1-2H3. The van der Waals surface area contributed by atoms with E-state index < -0.39 is 11.0 Å². The van der Waals surface area contributed by atoms with E-state index in [1.54, 1.807) is 20.0 Å². The van der Waals surface area contributed by atoms with Crippen LogP contribution in [0.15, 0.2) is 47.5 Å². The van der Waals surface area contributed by atoms with E-state index in [0.717, 1.165) is 37.6 Å². The number of urea groups is 1. The van der Waals surface area contributed by atoms with Gasteiger partial charge in [0.15, 0.2) is 5.78 Å². The van der Waals surface area contributed by atoms with E-state index >= 15 is 0 Å². The number of hydrogen-bond donors (Lipinski definition) is 1. The zero-order valence-corrected chi connectivity index (χ0v) is 19.7. The molecule has 0 radical (unpaired) electrons. The van der Waals surface area contributed by atoms with Crippen molar-refractivity contribution in [2.24, 2.45) is 0 Å². The first-order chi connectivity index (χ1) is 16.0. The molecule has 11 heteroatoms. The second-order valence-corrected chi connectivity index (χ2v) is 9.88. The molecule has 0 spiro atoms. The highest BCUT2D eigenvalue weighted by Gasteiger charge is 2.45. The van der Waals surface area contributed by atoms with Crippen molar-refractivity contribution >= 4 is 35.1 Å². The van der Waals surface area contributed by atoms with E-state index in [1.165, 1.54) is 34.1 Å². The van der Waals surface area contributed by atoms with Crippen LogP contribution in [0.25, 0.3) is 0 Å². The molecule has 182 valence electrons. The smallest absolute Gasteiger partial charge is 0.354 e. The normalized spacial score (nSPS) is 19.0. The number of piperazine rings is 1. The molecule has 0 bridgehead atoms. The molecule has 2 saturated heterocycles. The number of nitrogens with zero attached hydrogens (tertiary/aromatic N) is 4. The van der Waals surface area contributed by atoms with Gasteiger partial charge in [0.1, 0.15) is 5.82 Å². The minimum atomic E-state index is -4.40. The maximum atomic E-state index is 13.5. The van der Waals surface area contributed by atoms with Gasteiger partial charge in [-0.25, -0.2) is 9.78 Å². The summed E-state index contributed by atoms with van der Waals surface area (Å²) in [6, 6.07) is 8.86. The maximum Gasteiger partial charge on any atom is 0.446 e. The van der Waals surface area contributed by atoms with Crippen molar-refractivity contribution in [2.45, 2.75) is 36.3 Å². The van der Waals surface area contributed by atoms with Crippen LogP contribution < -0.4 is 15.1 Å². The van der Waals surface area contributed by atoms with Gasteiger partial charge >= 0.3 is 11.5 Å². The summed E-state index contributed by atoms with van der Waals surface area (Å²) in [5.41, 5.74) is -4.20. The number of Topliss-reactive ketones (excluding diaryl/α,β-unsaturated/α-hetero) is 1. The number of pyridine rings is 1. The van der Waals surface area contributed by atoms with Crippen LogP contribution in [0.2, 0.25) is 0 Å². The zero-order valence-electron chi connectivity index (χ0n) is 18.9. The number of ketones is 1. The first-order valence-electron chi connectivity index (χ1n) is 10.9. The molecule has 0 aliphatic carbocycles. The SMILES string of the molecule is CC1(C)C(=O)CN(c2ccc(SC(F)(F)F)cc2)C(=O)N1Cc1ccnc(N2CCNCC2)c1. The molecule has 2 amide bonds. The number of anilines is 2. The monoisotopic (exact) mass is 493 g/mol. The molecule has 2 fully saturated rings. The second-order valence-electron chi connectivity index (χ2n) is 8.74. The van der Waals surface area contributed by atoms with E-state index in [4.69, 9.17) is 0 Å². The summed E-state index contributed by atoms with van der Waals surface area (Å²) in [5, 5.41) is 3.30. The van der Waals surface area contributed by atoms with Crippen LogP contribution in [0.3, 0.4) is 0 Å². The molecule has 34 heavy (non-hydrogen) atoms.